The number of benzene rings is 3. The fraction of sp³-hybridized carbons (Fsp3) is 0.345. The first kappa shape index (κ1) is 24.2. The van der Waals surface area contributed by atoms with Crippen molar-refractivity contribution < 1.29 is 9.90 Å². The summed E-state index contributed by atoms with van der Waals surface area (Å²) in [5.74, 6) is -0.924. The average Bonchev–Trinajstić information content (AvgIpc) is 2.84. The topological polar surface area (TPSA) is 40.1 Å². The minimum Gasteiger partial charge on any atom is -0.550 e. The lowest BCUT2D eigenvalue weighted by atomic mass is 10.1. The van der Waals surface area contributed by atoms with Crippen molar-refractivity contribution in [1.82, 2.24) is 0 Å². The predicted molar refractivity (Wildman–Crippen MR) is 137 cm³/mol. The molecule has 3 heteroatoms. The number of unbranched alkanes of at least 4 members (excludes halogenated alkanes) is 7. The highest BCUT2D eigenvalue weighted by Gasteiger charge is 2.44. The van der Waals surface area contributed by atoms with Crippen LogP contribution in [0, 0.1) is 0 Å². The Morgan fingerprint density at radius 3 is 1.25 bits per heavy atom. The van der Waals surface area contributed by atoms with Gasteiger partial charge in [0.25, 0.3) is 0 Å². The molecule has 0 unspecified atom stereocenters. The number of hydrogen-bond acceptors (Lipinski definition) is 2. The van der Waals surface area contributed by atoms with Gasteiger partial charge in [-0.15, -0.1) is 0 Å². The number of aliphatic carboxylic acids is 1. The number of hydrogen-bond donors (Lipinski definition) is 0. The average molecular weight is 447 g/mol. The van der Waals surface area contributed by atoms with E-state index in [1.807, 2.05) is 0 Å². The van der Waals surface area contributed by atoms with Crippen LogP contribution in [0.5, 0.6) is 0 Å². The molecule has 0 amide bonds. The monoisotopic (exact) mass is 446 g/mol. The van der Waals surface area contributed by atoms with Gasteiger partial charge in [-0.05, 0) is 62.1 Å². The summed E-state index contributed by atoms with van der Waals surface area (Å²) in [6, 6.07) is 33.3. The van der Waals surface area contributed by atoms with E-state index in [4.69, 9.17) is 0 Å². The molecule has 0 aliphatic carbocycles. The molecule has 2 nitrogen and oxygen atoms in total. The molecule has 0 aliphatic rings. The zero-order valence-corrected chi connectivity index (χ0v) is 19.9. The zero-order valence-electron chi connectivity index (χ0n) is 19.0. The predicted octanol–water partition coefficient (Wildman–Crippen LogP) is 5.24. The Labute approximate surface area is 194 Å². The number of carbonyl (C=O) groups is 1. The fourth-order valence-electron chi connectivity index (χ4n) is 4.56. The maximum atomic E-state index is 10.5. The molecule has 0 bridgehead atoms. The van der Waals surface area contributed by atoms with E-state index in [2.05, 4.69) is 91.0 Å². The summed E-state index contributed by atoms with van der Waals surface area (Å²) in [4.78, 5) is 10.5. The van der Waals surface area contributed by atoms with Gasteiger partial charge in [-0.1, -0.05) is 86.7 Å². The minimum absolute atomic E-state index is 0.199. The molecular weight excluding hydrogens is 411 g/mol. The van der Waals surface area contributed by atoms with Crippen molar-refractivity contribution in [3.05, 3.63) is 91.0 Å². The normalized spacial score (nSPS) is 11.4. The highest BCUT2D eigenvalue weighted by atomic mass is 31.2. The quantitative estimate of drug-likeness (QED) is 0.251. The van der Waals surface area contributed by atoms with Gasteiger partial charge in [-0.2, -0.15) is 0 Å². The Morgan fingerprint density at radius 1 is 0.531 bits per heavy atom. The smallest absolute Gasteiger partial charge is 0.112 e. The van der Waals surface area contributed by atoms with Gasteiger partial charge < -0.3 is 9.90 Å². The molecule has 3 aromatic carbocycles. The van der Waals surface area contributed by atoms with Crippen LogP contribution < -0.4 is 21.0 Å². The van der Waals surface area contributed by atoms with Crippen LogP contribution in [-0.2, 0) is 4.79 Å². The summed E-state index contributed by atoms with van der Waals surface area (Å²) in [5, 5.41) is 14.9. The molecule has 0 aliphatic heterocycles. The molecule has 3 rings (SSSR count). The molecule has 0 radical (unpaired) electrons. The van der Waals surface area contributed by atoms with E-state index in [1.54, 1.807) is 0 Å². The van der Waals surface area contributed by atoms with Gasteiger partial charge >= 0.3 is 0 Å². The molecule has 0 heterocycles. The molecule has 0 fully saturated rings. The number of rotatable bonds is 14. The van der Waals surface area contributed by atoms with Crippen LogP contribution >= 0.6 is 7.26 Å². The van der Waals surface area contributed by atoms with Crippen LogP contribution in [0.1, 0.15) is 57.8 Å². The Kier molecular flexibility index (Phi) is 9.98. The summed E-state index contributed by atoms with van der Waals surface area (Å²) in [7, 11) is -1.69. The summed E-state index contributed by atoms with van der Waals surface area (Å²) < 4.78 is 0. The summed E-state index contributed by atoms with van der Waals surface area (Å²) in [6.45, 7) is 0. The summed E-state index contributed by atoms with van der Waals surface area (Å²) in [6.07, 6.45) is 10.4. The van der Waals surface area contributed by atoms with E-state index < -0.39 is 13.2 Å². The molecule has 0 atom stereocenters. The third kappa shape index (κ3) is 6.78. The van der Waals surface area contributed by atoms with Gasteiger partial charge in [-0.3, -0.25) is 0 Å². The maximum absolute atomic E-state index is 10.5. The zero-order chi connectivity index (χ0) is 22.5. The first-order chi connectivity index (χ1) is 15.7. The van der Waals surface area contributed by atoms with E-state index in [0.29, 0.717) is 0 Å². The van der Waals surface area contributed by atoms with Crippen LogP contribution in [0.15, 0.2) is 91.0 Å². The van der Waals surface area contributed by atoms with Crippen molar-refractivity contribution in [2.24, 2.45) is 0 Å². The molecule has 0 N–H and O–H groups in total. The maximum Gasteiger partial charge on any atom is 0.112 e. The number of carbonyl (C=O) groups excluding carboxylic acids is 1. The van der Waals surface area contributed by atoms with Crippen molar-refractivity contribution in [2.75, 3.05) is 6.16 Å². The van der Waals surface area contributed by atoms with Gasteiger partial charge in [0.05, 0.1) is 6.16 Å². The van der Waals surface area contributed by atoms with E-state index in [-0.39, 0.29) is 6.42 Å². The minimum atomic E-state index is -1.69. The van der Waals surface area contributed by atoms with Crippen LogP contribution in [-0.4, -0.2) is 12.1 Å². The summed E-state index contributed by atoms with van der Waals surface area (Å²) in [5.41, 5.74) is 0. The van der Waals surface area contributed by atoms with E-state index >= 15 is 0 Å². The van der Waals surface area contributed by atoms with Gasteiger partial charge in [0.15, 0.2) is 0 Å². The van der Waals surface area contributed by atoms with Crippen molar-refractivity contribution in [3.63, 3.8) is 0 Å². The van der Waals surface area contributed by atoms with Crippen molar-refractivity contribution in [1.29, 1.82) is 0 Å². The SMILES string of the molecule is O=C([O-])CCCCCCCCCC[P+](c1ccccc1)(c1ccccc1)c1ccccc1. The second-order valence-electron chi connectivity index (χ2n) is 8.49. The third-order valence-electron chi connectivity index (χ3n) is 6.22. The first-order valence-corrected chi connectivity index (χ1v) is 14.0. The van der Waals surface area contributed by atoms with Gasteiger partial charge in [-0.25, -0.2) is 0 Å². The van der Waals surface area contributed by atoms with E-state index in [0.717, 1.165) is 19.3 Å². The lowest BCUT2D eigenvalue weighted by Gasteiger charge is -2.27. The van der Waals surface area contributed by atoms with Gasteiger partial charge in [0.1, 0.15) is 23.2 Å². The van der Waals surface area contributed by atoms with Gasteiger partial charge in [0, 0.05) is 5.97 Å². The molecule has 3 aromatic rings. The van der Waals surface area contributed by atoms with E-state index in [9.17, 15) is 9.90 Å². The van der Waals surface area contributed by atoms with Crippen molar-refractivity contribution in [3.8, 4) is 0 Å². The molecule has 0 saturated carbocycles. The highest BCUT2D eigenvalue weighted by molar-refractivity contribution is 7.95. The fourth-order valence-corrected chi connectivity index (χ4v) is 8.97. The highest BCUT2D eigenvalue weighted by Crippen LogP contribution is 2.55. The number of carboxylic acids is 1. The van der Waals surface area contributed by atoms with E-state index in [1.165, 1.54) is 54.2 Å². The van der Waals surface area contributed by atoms with Crippen LogP contribution in [0.25, 0.3) is 0 Å². The molecule has 32 heavy (non-hydrogen) atoms. The molecular formula is C29H35O2P. The van der Waals surface area contributed by atoms with Crippen molar-refractivity contribution >= 4 is 29.1 Å². The Bertz CT molecular complexity index is 813. The second-order valence-corrected chi connectivity index (χ2v) is 12.1. The Morgan fingerprint density at radius 2 is 0.875 bits per heavy atom. The first-order valence-electron chi connectivity index (χ1n) is 12.0. The van der Waals surface area contributed by atoms with Crippen LogP contribution in [0.4, 0.5) is 0 Å². The Hall–Kier alpha value is -2.44. The second kappa shape index (κ2) is 13.2. The standard InChI is InChI=1S/C29H35O2P/c30-29(31)24-16-5-3-1-2-4-6-17-25-32(26-18-10-7-11-19-26,27-20-12-8-13-21-27)28-22-14-9-15-23-28/h7-15,18-23H,1-6,16-17,24-25H2. The van der Waals surface area contributed by atoms with Crippen molar-refractivity contribution in [2.45, 2.75) is 57.8 Å². The van der Waals surface area contributed by atoms with Crippen LogP contribution in [0.3, 0.4) is 0 Å². The lowest BCUT2D eigenvalue weighted by molar-refractivity contribution is -0.305. The molecule has 0 aromatic heterocycles. The largest absolute Gasteiger partial charge is 0.550 e. The molecule has 0 spiro atoms. The third-order valence-corrected chi connectivity index (χ3v) is 10.7. The summed E-state index contributed by atoms with van der Waals surface area (Å²) >= 11 is 0. The molecule has 168 valence electrons. The lowest BCUT2D eigenvalue weighted by Crippen LogP contribution is -2.33. The molecule has 0 saturated heterocycles. The Balaban J connectivity index is 1.66. The van der Waals surface area contributed by atoms with Gasteiger partial charge in [0.2, 0.25) is 0 Å². The number of carboxylic acid groups (broad SMARTS) is 1. The van der Waals surface area contributed by atoms with Crippen LogP contribution in [0.2, 0.25) is 0 Å².